The molecule has 0 bridgehead atoms. The normalized spacial score (nSPS) is 6.90. The van der Waals surface area contributed by atoms with E-state index in [0.29, 0.717) is 0 Å². The van der Waals surface area contributed by atoms with E-state index in [-0.39, 0.29) is 17.1 Å². The molecule has 16 nitrogen and oxygen atoms in total. The van der Waals surface area contributed by atoms with Gasteiger partial charge in [-0.2, -0.15) is 0 Å². The van der Waals surface area contributed by atoms with Crippen molar-refractivity contribution in [3.05, 3.63) is 62.7 Å². The summed E-state index contributed by atoms with van der Waals surface area (Å²) < 4.78 is 0. The number of nitrogens with zero attached hydrogens (tertiary/aromatic N) is 8. The summed E-state index contributed by atoms with van der Waals surface area (Å²) in [6, 6.07) is 0. The van der Waals surface area contributed by atoms with Gasteiger partial charge in [0.1, 0.15) is 0 Å². The third kappa shape index (κ3) is 58.6. The second kappa shape index (κ2) is 33.4. The van der Waals surface area contributed by atoms with Crippen LogP contribution in [0.4, 0.5) is 0 Å². The quantitative estimate of drug-likeness (QED) is 0.149. The van der Waals surface area contributed by atoms with Gasteiger partial charge in [0.05, 0.1) is 24.8 Å². The van der Waals surface area contributed by atoms with Gasteiger partial charge in [0.25, 0.3) is 0 Å². The van der Waals surface area contributed by atoms with Crippen molar-refractivity contribution < 1.29 is 36.9 Å². The van der Waals surface area contributed by atoms with Gasteiger partial charge in [-0.05, 0) is 13.8 Å². The van der Waals surface area contributed by atoms with Crippen LogP contribution in [0, 0.1) is 0 Å². The fourth-order valence-electron chi connectivity index (χ4n) is 0.667. The maximum atomic E-state index is 8.89. The molecule has 4 aromatic rings. The Hall–Kier alpha value is -4.24. The minimum atomic E-state index is -1.08. The van der Waals surface area contributed by atoms with Crippen LogP contribution in [-0.2, 0) is 26.7 Å². The smallest absolute Gasteiger partial charge is 0.550 e. The molecule has 17 heteroatoms. The monoisotopic (exact) mass is 485 g/mol. The van der Waals surface area contributed by atoms with Crippen LogP contribution in [0.3, 0.4) is 0 Å². The van der Waals surface area contributed by atoms with Crippen molar-refractivity contribution in [2.24, 2.45) is 0 Å². The number of rotatable bonds is 0. The van der Waals surface area contributed by atoms with Crippen LogP contribution in [-0.4, -0.2) is 73.6 Å². The molecule has 0 aliphatic heterocycles. The van der Waals surface area contributed by atoms with E-state index in [1.807, 2.05) is 0 Å². The van der Waals surface area contributed by atoms with Gasteiger partial charge >= 0.3 is 17.1 Å². The van der Waals surface area contributed by atoms with Gasteiger partial charge in [-0.15, -0.1) is 33.6 Å². The molecule has 4 aromatic heterocycles. The van der Waals surface area contributed by atoms with Crippen LogP contribution in [0.15, 0.2) is 62.7 Å². The van der Waals surface area contributed by atoms with Gasteiger partial charge in [-0.3, -0.25) is 20.4 Å². The Labute approximate surface area is 187 Å². The van der Waals surface area contributed by atoms with Crippen molar-refractivity contribution in [2.45, 2.75) is 13.8 Å². The standard InChI is InChI=1S/4C2H3N3.2C2H4O2.C2H4.Cu/c4*1-2-4-5-3-1;2*1-2(3)4;1-2;/h4*1-2H,(H,3,4,5);2*1H3,(H,3,4);1-2H2;/q;;;;;;;+2/p-2. The number of H-pyrrole nitrogens is 4. The number of carbonyl (C=O) groups is 2. The number of aromatic amines is 4. The Morgan fingerprint density at radius 1 is 0.613 bits per heavy atom. The third-order valence-corrected chi connectivity index (χ3v) is 1.32. The summed E-state index contributed by atoms with van der Waals surface area (Å²) in [7, 11) is 0. The van der Waals surface area contributed by atoms with Crippen LogP contribution < -0.4 is 10.2 Å². The molecule has 0 unspecified atom stereocenters. The van der Waals surface area contributed by atoms with Gasteiger partial charge in [-0.25, -0.2) is 0 Å². The molecule has 4 rings (SSSR count). The summed E-state index contributed by atoms with van der Waals surface area (Å²) in [6.45, 7) is 7.94. The number of hydrogen-bond acceptors (Lipinski definition) is 12. The first-order chi connectivity index (χ1) is 14.5. The van der Waals surface area contributed by atoms with E-state index in [1.165, 1.54) is 0 Å². The zero-order valence-corrected chi connectivity index (χ0v) is 17.5. The molecular formula is C14H22CuN12O4. The largest absolute Gasteiger partial charge is 2.00 e. The molecular weight excluding hydrogens is 464 g/mol. The molecule has 0 aromatic carbocycles. The van der Waals surface area contributed by atoms with Gasteiger partial charge < -0.3 is 19.8 Å². The van der Waals surface area contributed by atoms with Crippen molar-refractivity contribution in [2.75, 3.05) is 0 Å². The van der Waals surface area contributed by atoms with E-state index in [1.54, 1.807) is 49.6 Å². The number of hydrogen-bond donors (Lipinski definition) is 4. The van der Waals surface area contributed by atoms with Crippen LogP contribution in [0.5, 0.6) is 0 Å². The number of carbonyl (C=O) groups excluding carboxylic acids is 2. The van der Waals surface area contributed by atoms with Gasteiger partial charge in [0.15, 0.2) is 0 Å². The first-order valence-electron chi connectivity index (χ1n) is 7.53. The van der Waals surface area contributed by atoms with Crippen molar-refractivity contribution in [1.29, 1.82) is 0 Å². The summed E-state index contributed by atoms with van der Waals surface area (Å²) in [6.07, 6.45) is 12.9. The Bertz CT molecular complexity index is 543. The van der Waals surface area contributed by atoms with Gasteiger partial charge in [0.2, 0.25) is 0 Å². The number of nitrogens with one attached hydrogen (secondary N) is 4. The number of carboxylic acid groups (broad SMARTS) is 2. The predicted molar refractivity (Wildman–Crippen MR) is 98.1 cm³/mol. The first kappa shape index (κ1) is 34.3. The van der Waals surface area contributed by atoms with E-state index in [0.717, 1.165) is 13.8 Å². The number of aliphatic carboxylic acids is 2. The molecule has 0 saturated carbocycles. The van der Waals surface area contributed by atoms with Crippen LogP contribution in [0.1, 0.15) is 13.8 Å². The summed E-state index contributed by atoms with van der Waals surface area (Å²) in [5.74, 6) is -2.17. The zero-order chi connectivity index (χ0) is 23.3. The van der Waals surface area contributed by atoms with E-state index in [9.17, 15) is 0 Å². The second-order valence-electron chi connectivity index (χ2n) is 3.62. The van der Waals surface area contributed by atoms with E-state index in [2.05, 4.69) is 74.8 Å². The van der Waals surface area contributed by atoms with E-state index in [4.69, 9.17) is 19.8 Å². The minimum Gasteiger partial charge on any atom is -0.550 e. The SMILES string of the molecule is C=C.CC(=O)[O-].CC(=O)[O-].[Cu+2].c1c[nH]nn1.c1c[nH]nn1.c1c[nH]nn1.c1c[nH]nn1. The van der Waals surface area contributed by atoms with Crippen LogP contribution in [0.2, 0.25) is 0 Å². The molecule has 0 aliphatic carbocycles. The Morgan fingerprint density at radius 2 is 0.774 bits per heavy atom. The van der Waals surface area contributed by atoms with Gasteiger partial charge in [0, 0.05) is 36.7 Å². The third-order valence-electron chi connectivity index (χ3n) is 1.32. The van der Waals surface area contributed by atoms with Crippen molar-refractivity contribution in [3.8, 4) is 0 Å². The van der Waals surface area contributed by atoms with E-state index >= 15 is 0 Å². The van der Waals surface area contributed by atoms with E-state index < -0.39 is 11.9 Å². The second-order valence-corrected chi connectivity index (χ2v) is 3.62. The predicted octanol–water partition coefficient (Wildman–Crippen LogP) is -2.47. The summed E-state index contributed by atoms with van der Waals surface area (Å²) >= 11 is 0. The molecule has 0 amide bonds. The number of aromatic nitrogens is 12. The molecule has 173 valence electrons. The topological polar surface area (TPSA) is 247 Å². The molecule has 4 heterocycles. The molecule has 0 fully saturated rings. The van der Waals surface area contributed by atoms with Crippen molar-refractivity contribution in [1.82, 2.24) is 61.6 Å². The molecule has 4 N–H and O–H groups in total. The maximum absolute atomic E-state index is 8.89. The summed E-state index contributed by atoms with van der Waals surface area (Å²) in [5, 5.41) is 54.8. The molecule has 0 atom stereocenters. The zero-order valence-electron chi connectivity index (χ0n) is 16.5. The average molecular weight is 486 g/mol. The molecule has 0 spiro atoms. The molecule has 0 saturated heterocycles. The minimum absolute atomic E-state index is 0. The van der Waals surface area contributed by atoms with Gasteiger partial charge in [-0.1, -0.05) is 20.9 Å². The maximum Gasteiger partial charge on any atom is 2.00 e. The fraction of sp³-hybridized carbons (Fsp3) is 0.143. The first-order valence-corrected chi connectivity index (χ1v) is 7.53. The molecule has 1 radical (unpaired) electrons. The van der Waals surface area contributed by atoms with Crippen LogP contribution >= 0.6 is 0 Å². The summed E-state index contributed by atoms with van der Waals surface area (Å²) in [5.41, 5.74) is 0. The molecule has 0 aliphatic rings. The van der Waals surface area contributed by atoms with Crippen molar-refractivity contribution in [3.63, 3.8) is 0 Å². The van der Waals surface area contributed by atoms with Crippen LogP contribution in [0.25, 0.3) is 0 Å². The number of carboxylic acids is 2. The van der Waals surface area contributed by atoms with Crippen molar-refractivity contribution >= 4 is 11.9 Å². The Kier molecular flexibility index (Phi) is 36.9. The fourth-order valence-corrected chi connectivity index (χ4v) is 0.667. The Morgan fingerprint density at radius 3 is 0.806 bits per heavy atom. The summed E-state index contributed by atoms with van der Waals surface area (Å²) in [4.78, 5) is 17.8. The molecule has 31 heavy (non-hydrogen) atoms. The average Bonchev–Trinajstić information content (AvgIpc) is 3.54. The Balaban J connectivity index is -0.000000139.